The zero-order valence-corrected chi connectivity index (χ0v) is 12.3. The van der Waals surface area contributed by atoms with Gasteiger partial charge in [-0.05, 0) is 38.5 Å². The van der Waals surface area contributed by atoms with E-state index in [0.29, 0.717) is 18.0 Å². The molecule has 2 heterocycles. The summed E-state index contributed by atoms with van der Waals surface area (Å²) in [6.07, 6.45) is 0.307. The van der Waals surface area contributed by atoms with Crippen molar-refractivity contribution in [1.29, 1.82) is 0 Å². The highest BCUT2D eigenvalue weighted by atomic mass is 16.5. The number of rotatable bonds is 3. The number of aryl methyl sites for hydroxylation is 3. The van der Waals surface area contributed by atoms with Crippen LogP contribution < -0.4 is 5.32 Å². The van der Waals surface area contributed by atoms with E-state index in [1.165, 1.54) is 5.56 Å². The molecule has 0 aliphatic rings. The van der Waals surface area contributed by atoms with Crippen LogP contribution in [0, 0.1) is 20.8 Å². The minimum atomic E-state index is -0.103. The highest BCUT2D eigenvalue weighted by Crippen LogP contribution is 2.24. The van der Waals surface area contributed by atoms with Gasteiger partial charge >= 0.3 is 0 Å². The van der Waals surface area contributed by atoms with Gasteiger partial charge in [-0.2, -0.15) is 0 Å². The summed E-state index contributed by atoms with van der Waals surface area (Å²) in [6.45, 7) is 5.82. The fourth-order valence-corrected chi connectivity index (χ4v) is 2.50. The molecule has 2 N–H and O–H groups in total. The molecular weight excluding hydrogens is 266 g/mol. The van der Waals surface area contributed by atoms with Gasteiger partial charge in [-0.25, -0.2) is 0 Å². The van der Waals surface area contributed by atoms with Gasteiger partial charge in [0.15, 0.2) is 5.82 Å². The Morgan fingerprint density at radius 3 is 2.81 bits per heavy atom. The van der Waals surface area contributed by atoms with E-state index in [9.17, 15) is 4.79 Å². The molecule has 5 heteroatoms. The zero-order chi connectivity index (χ0) is 15.0. The number of carbonyl (C=O) groups is 1. The number of fused-ring (bicyclic) bond motifs is 1. The van der Waals surface area contributed by atoms with E-state index >= 15 is 0 Å². The van der Waals surface area contributed by atoms with Gasteiger partial charge in [-0.1, -0.05) is 16.8 Å². The number of hydrogen-bond acceptors (Lipinski definition) is 3. The predicted octanol–water partition coefficient (Wildman–Crippen LogP) is 3.26. The standard InChI is InChI=1S/C16H17N3O2/c1-9-4-5-14-13(6-9)12(11(3)17-14)8-16(20)18-15-7-10(2)21-19-15/h4-7,17H,8H2,1-3H3,(H,18,19,20). The van der Waals surface area contributed by atoms with Crippen LogP contribution in [0.15, 0.2) is 28.8 Å². The van der Waals surface area contributed by atoms with Crippen molar-refractivity contribution >= 4 is 22.6 Å². The van der Waals surface area contributed by atoms with E-state index in [1.54, 1.807) is 13.0 Å². The number of nitrogens with one attached hydrogen (secondary N) is 2. The van der Waals surface area contributed by atoms with Crippen molar-refractivity contribution in [3.8, 4) is 0 Å². The highest BCUT2D eigenvalue weighted by Gasteiger charge is 2.13. The van der Waals surface area contributed by atoms with Crippen molar-refractivity contribution in [2.75, 3.05) is 5.32 Å². The van der Waals surface area contributed by atoms with Gasteiger partial charge in [0.25, 0.3) is 0 Å². The summed E-state index contributed by atoms with van der Waals surface area (Å²) in [6, 6.07) is 7.90. The van der Waals surface area contributed by atoms with Crippen LogP contribution >= 0.6 is 0 Å². The molecule has 0 unspecified atom stereocenters. The maximum absolute atomic E-state index is 12.2. The van der Waals surface area contributed by atoms with Crippen LogP contribution in [0.25, 0.3) is 10.9 Å². The number of benzene rings is 1. The van der Waals surface area contributed by atoms with Crippen molar-refractivity contribution in [3.63, 3.8) is 0 Å². The molecule has 108 valence electrons. The van der Waals surface area contributed by atoms with Crippen LogP contribution in [0.1, 0.15) is 22.6 Å². The second-order valence-corrected chi connectivity index (χ2v) is 5.33. The molecule has 0 spiro atoms. The van der Waals surface area contributed by atoms with Gasteiger partial charge < -0.3 is 14.8 Å². The number of H-pyrrole nitrogens is 1. The van der Waals surface area contributed by atoms with Gasteiger partial charge in [0.2, 0.25) is 5.91 Å². The Labute approximate surface area is 122 Å². The minimum Gasteiger partial charge on any atom is -0.360 e. The summed E-state index contributed by atoms with van der Waals surface area (Å²) in [5.41, 5.74) is 4.27. The van der Waals surface area contributed by atoms with E-state index in [-0.39, 0.29) is 5.91 Å². The fraction of sp³-hybridized carbons (Fsp3) is 0.250. The summed E-state index contributed by atoms with van der Waals surface area (Å²) in [5.74, 6) is 1.02. The van der Waals surface area contributed by atoms with E-state index in [1.807, 2.05) is 19.9 Å². The number of hydrogen-bond donors (Lipinski definition) is 2. The van der Waals surface area contributed by atoms with E-state index in [4.69, 9.17) is 4.52 Å². The molecule has 3 aromatic rings. The molecule has 21 heavy (non-hydrogen) atoms. The molecule has 1 aromatic carbocycles. The van der Waals surface area contributed by atoms with Crippen LogP contribution in [0.5, 0.6) is 0 Å². The number of carbonyl (C=O) groups excluding carboxylic acids is 1. The first kappa shape index (κ1) is 13.4. The van der Waals surface area contributed by atoms with Crippen molar-refractivity contribution in [2.24, 2.45) is 0 Å². The summed E-state index contributed by atoms with van der Waals surface area (Å²) in [4.78, 5) is 15.5. The van der Waals surface area contributed by atoms with E-state index in [2.05, 4.69) is 27.6 Å². The molecule has 0 saturated carbocycles. The summed E-state index contributed by atoms with van der Waals surface area (Å²) in [7, 11) is 0. The van der Waals surface area contributed by atoms with Crippen LogP contribution in [0.3, 0.4) is 0 Å². The zero-order valence-electron chi connectivity index (χ0n) is 12.3. The molecule has 1 amide bonds. The van der Waals surface area contributed by atoms with Crippen molar-refractivity contribution in [3.05, 3.63) is 46.8 Å². The summed E-state index contributed by atoms with van der Waals surface area (Å²) >= 11 is 0. The third-order valence-electron chi connectivity index (χ3n) is 3.51. The molecule has 0 radical (unpaired) electrons. The number of amides is 1. The fourth-order valence-electron chi connectivity index (χ4n) is 2.50. The lowest BCUT2D eigenvalue weighted by atomic mass is 10.1. The third kappa shape index (κ3) is 2.67. The second-order valence-electron chi connectivity index (χ2n) is 5.33. The van der Waals surface area contributed by atoms with Gasteiger partial charge in [0.05, 0.1) is 6.42 Å². The number of aromatic amines is 1. The Morgan fingerprint density at radius 1 is 1.29 bits per heavy atom. The highest BCUT2D eigenvalue weighted by molar-refractivity contribution is 5.96. The molecule has 0 aliphatic carbocycles. The van der Waals surface area contributed by atoms with Gasteiger partial charge in [0, 0.05) is 22.7 Å². The second kappa shape index (κ2) is 5.09. The van der Waals surface area contributed by atoms with Gasteiger partial charge in [-0.15, -0.1) is 0 Å². The number of anilines is 1. The lowest BCUT2D eigenvalue weighted by Crippen LogP contribution is -2.14. The van der Waals surface area contributed by atoms with Crippen molar-refractivity contribution in [2.45, 2.75) is 27.2 Å². The summed E-state index contributed by atoms with van der Waals surface area (Å²) in [5, 5.41) is 7.62. The SMILES string of the molecule is Cc1ccc2[nH]c(C)c(CC(=O)Nc3cc(C)on3)c2c1. The molecule has 0 atom stereocenters. The first-order chi connectivity index (χ1) is 10.0. The number of aromatic nitrogens is 2. The smallest absolute Gasteiger partial charge is 0.230 e. The minimum absolute atomic E-state index is 0.103. The molecule has 3 rings (SSSR count). The summed E-state index contributed by atoms with van der Waals surface area (Å²) < 4.78 is 4.94. The van der Waals surface area contributed by atoms with Crippen molar-refractivity contribution in [1.82, 2.24) is 10.1 Å². The maximum atomic E-state index is 12.2. The largest absolute Gasteiger partial charge is 0.360 e. The lowest BCUT2D eigenvalue weighted by molar-refractivity contribution is -0.115. The Hall–Kier alpha value is -2.56. The van der Waals surface area contributed by atoms with E-state index in [0.717, 1.165) is 22.2 Å². The first-order valence-corrected chi connectivity index (χ1v) is 6.84. The molecule has 2 aromatic heterocycles. The van der Waals surface area contributed by atoms with Gasteiger partial charge in [0.1, 0.15) is 5.76 Å². The maximum Gasteiger partial charge on any atom is 0.230 e. The first-order valence-electron chi connectivity index (χ1n) is 6.84. The topological polar surface area (TPSA) is 70.9 Å². The molecule has 5 nitrogen and oxygen atoms in total. The van der Waals surface area contributed by atoms with Crippen molar-refractivity contribution < 1.29 is 9.32 Å². The van der Waals surface area contributed by atoms with Gasteiger partial charge in [-0.3, -0.25) is 4.79 Å². The Morgan fingerprint density at radius 2 is 2.10 bits per heavy atom. The Kier molecular flexibility index (Phi) is 3.25. The monoisotopic (exact) mass is 283 g/mol. The molecule has 0 bridgehead atoms. The van der Waals surface area contributed by atoms with Crippen LogP contribution in [-0.4, -0.2) is 16.0 Å². The Balaban J connectivity index is 1.85. The quantitative estimate of drug-likeness (QED) is 0.775. The molecule has 0 saturated heterocycles. The number of nitrogens with zero attached hydrogens (tertiary/aromatic N) is 1. The van der Waals surface area contributed by atoms with Crippen LogP contribution in [0.4, 0.5) is 5.82 Å². The van der Waals surface area contributed by atoms with Crippen LogP contribution in [-0.2, 0) is 11.2 Å². The average molecular weight is 283 g/mol. The third-order valence-corrected chi connectivity index (χ3v) is 3.51. The average Bonchev–Trinajstić information content (AvgIpc) is 2.95. The lowest BCUT2D eigenvalue weighted by Gasteiger charge is -2.02. The van der Waals surface area contributed by atoms with E-state index < -0.39 is 0 Å². The molecule has 0 aliphatic heterocycles. The molecule has 0 fully saturated rings. The van der Waals surface area contributed by atoms with Crippen LogP contribution in [0.2, 0.25) is 0 Å². The normalized spacial score (nSPS) is 11.0. The Bertz CT molecular complexity index is 814. The molecular formula is C16H17N3O2. The predicted molar refractivity (Wildman–Crippen MR) is 81.3 cm³/mol.